The smallest absolute Gasteiger partial charge is 0.385 e. The highest BCUT2D eigenvalue weighted by Gasteiger charge is 2.57. The van der Waals surface area contributed by atoms with Crippen molar-refractivity contribution in [1.82, 2.24) is 9.55 Å². The van der Waals surface area contributed by atoms with Gasteiger partial charge in [-0.2, -0.15) is 8.62 Å². The third-order valence-corrected chi connectivity index (χ3v) is 7.19. The molecule has 0 amide bonds. The Morgan fingerprint density at radius 1 is 1.27 bits per heavy atom. The number of alkyl halides is 1. The quantitative estimate of drug-likeness (QED) is 0.163. The van der Waals surface area contributed by atoms with Gasteiger partial charge in [0.1, 0.15) is 23.5 Å². The van der Waals surface area contributed by atoms with Gasteiger partial charge in [0.2, 0.25) is 0 Å². The molecular formula is C9H14FN2O14P3S. The molecule has 1 aromatic rings. The maximum absolute atomic E-state index is 15.0. The van der Waals surface area contributed by atoms with Crippen LogP contribution in [0.2, 0.25) is 0 Å². The summed E-state index contributed by atoms with van der Waals surface area (Å²) >= 11 is 4.67. The van der Waals surface area contributed by atoms with Crippen LogP contribution in [0.25, 0.3) is 0 Å². The Hall–Kier alpha value is -0.680. The van der Waals surface area contributed by atoms with Crippen LogP contribution in [0.5, 0.6) is 0 Å². The van der Waals surface area contributed by atoms with Crippen LogP contribution >= 0.6 is 35.7 Å². The van der Waals surface area contributed by atoms with Gasteiger partial charge in [0.15, 0.2) is 6.20 Å². The maximum atomic E-state index is 15.0. The van der Waals surface area contributed by atoms with Crippen molar-refractivity contribution < 1.29 is 67.1 Å². The first-order chi connectivity index (χ1) is 13.8. The molecule has 1 fully saturated rings. The Morgan fingerprint density at radius 2 is 1.87 bits per heavy atom. The lowest BCUT2D eigenvalue weighted by atomic mass is 10.1. The lowest BCUT2D eigenvalue weighted by Crippen LogP contribution is -2.43. The summed E-state index contributed by atoms with van der Waals surface area (Å²) < 4.78 is 72.1. The number of phosphoric ester groups is 1. The fraction of sp³-hybridized carbons (Fsp3) is 0.556. The maximum Gasteiger partial charge on any atom is 0.490 e. The molecule has 0 aliphatic carbocycles. The second-order valence-corrected chi connectivity index (χ2v) is 10.3. The number of aliphatic hydroxyl groups excluding tert-OH is 2. The summed E-state index contributed by atoms with van der Waals surface area (Å²) in [6.07, 6.45) is -7.38. The van der Waals surface area contributed by atoms with Crippen LogP contribution in [0.3, 0.4) is 0 Å². The minimum atomic E-state index is -5.90. The number of rotatable bonds is 8. The Labute approximate surface area is 171 Å². The van der Waals surface area contributed by atoms with Gasteiger partial charge in [0.25, 0.3) is 5.85 Å². The number of phosphoric acid groups is 3. The first-order valence-electron chi connectivity index (χ1n) is 7.66. The van der Waals surface area contributed by atoms with Crippen LogP contribution in [-0.4, -0.2) is 64.0 Å². The molecule has 1 aliphatic heterocycles. The molecule has 1 aromatic heterocycles. The van der Waals surface area contributed by atoms with Crippen molar-refractivity contribution in [3.8, 4) is 0 Å². The Morgan fingerprint density at radius 3 is 2.40 bits per heavy atom. The van der Waals surface area contributed by atoms with Crippen LogP contribution in [0.1, 0.15) is 7.57 Å². The van der Waals surface area contributed by atoms with Crippen LogP contribution in [0.15, 0.2) is 17.1 Å². The highest BCUT2D eigenvalue weighted by Crippen LogP contribution is 2.66. The van der Waals surface area contributed by atoms with Crippen molar-refractivity contribution >= 4 is 35.7 Å². The first kappa shape index (κ1) is 24.0. The van der Waals surface area contributed by atoms with E-state index in [1.807, 2.05) is 4.98 Å². The SMILES string of the molecule is [2H][C@@]1(n2ccc(=S)[nH]c2=O)O[C@](F)(COP(=O)(O)OP(=O)(O)OP(=O)(O)O)[C@@H](O)[C@H]1O. The molecule has 7 N–H and O–H groups in total. The summed E-state index contributed by atoms with van der Waals surface area (Å²) in [6.45, 7) is -1.84. The average Bonchev–Trinajstić information content (AvgIpc) is 2.71. The second-order valence-electron chi connectivity index (χ2n) is 5.46. The van der Waals surface area contributed by atoms with Crippen molar-refractivity contribution in [1.29, 1.82) is 0 Å². The van der Waals surface area contributed by atoms with E-state index < -0.39 is 60.0 Å². The number of nitrogens with zero attached hydrogens (tertiary/aromatic N) is 1. The number of nitrogens with one attached hydrogen (secondary N) is 1. The van der Waals surface area contributed by atoms with Crippen LogP contribution in [-0.2, 0) is 31.6 Å². The van der Waals surface area contributed by atoms with Gasteiger partial charge < -0.3 is 34.5 Å². The number of aliphatic hydroxyl groups is 2. The normalized spacial score (nSPS) is 34.2. The lowest BCUT2D eigenvalue weighted by molar-refractivity contribution is -0.204. The summed E-state index contributed by atoms with van der Waals surface area (Å²) in [5.74, 6) is -3.67. The highest BCUT2D eigenvalue weighted by atomic mass is 32.1. The van der Waals surface area contributed by atoms with E-state index in [9.17, 15) is 38.0 Å². The fourth-order valence-corrected chi connectivity index (χ4v) is 5.22. The van der Waals surface area contributed by atoms with Crippen molar-refractivity contribution in [2.24, 2.45) is 0 Å². The zero-order valence-electron chi connectivity index (χ0n) is 15.0. The van der Waals surface area contributed by atoms with Gasteiger partial charge in [-0.15, -0.1) is 0 Å². The molecule has 0 bridgehead atoms. The van der Waals surface area contributed by atoms with E-state index in [2.05, 4.69) is 30.1 Å². The van der Waals surface area contributed by atoms with Crippen molar-refractivity contribution in [3.05, 3.63) is 27.4 Å². The standard InChI is InChI=1S/C9H14FN2O14P3S/c10-9(3-23-28(19,20)26-29(21,22)25-27(16,17)18)6(14)5(13)7(24-9)12-2-1-4(30)11-8(12)15/h1-2,5-7,13-14H,3H2,(H,19,20)(H,21,22)(H,11,15,30)(H2,16,17,18)/t5-,6+,7-,9-/m1/s1/i7D. The van der Waals surface area contributed by atoms with Gasteiger partial charge in [-0.05, 0) is 6.07 Å². The van der Waals surface area contributed by atoms with Gasteiger partial charge in [0.05, 0.1) is 1.37 Å². The summed E-state index contributed by atoms with van der Waals surface area (Å²) in [5.41, 5.74) is -1.16. The Bertz CT molecular complexity index is 1110. The molecule has 0 saturated carbocycles. The molecule has 1 saturated heterocycles. The number of H-pyrrole nitrogens is 1. The molecular weight excluding hydrogens is 504 g/mol. The number of halogens is 1. The van der Waals surface area contributed by atoms with E-state index in [0.29, 0.717) is 4.57 Å². The Balaban J connectivity index is 2.22. The number of aromatic amines is 1. The number of aromatic nitrogens is 2. The van der Waals surface area contributed by atoms with E-state index in [1.165, 1.54) is 0 Å². The molecule has 2 rings (SSSR count). The predicted octanol–water partition coefficient (Wildman–Crippen LogP) is -0.834. The topological polar surface area (TPSA) is 247 Å². The van der Waals surface area contributed by atoms with Gasteiger partial charge in [-0.3, -0.25) is 14.1 Å². The molecule has 0 radical (unpaired) electrons. The van der Waals surface area contributed by atoms with Gasteiger partial charge >= 0.3 is 29.2 Å². The van der Waals surface area contributed by atoms with E-state index in [1.54, 1.807) is 0 Å². The molecule has 21 heteroatoms. The number of hydrogen-bond acceptors (Lipinski definition) is 11. The van der Waals surface area contributed by atoms with Crippen molar-refractivity contribution in [2.75, 3.05) is 6.61 Å². The molecule has 0 spiro atoms. The monoisotopic (exact) mass is 519 g/mol. The van der Waals surface area contributed by atoms with Crippen molar-refractivity contribution in [2.45, 2.75) is 24.3 Å². The summed E-state index contributed by atoms with van der Waals surface area (Å²) in [4.78, 5) is 49.2. The molecule has 6 atom stereocenters. The fourth-order valence-electron chi connectivity index (χ4n) is 2.04. The van der Waals surface area contributed by atoms with Crippen LogP contribution in [0.4, 0.5) is 4.39 Å². The van der Waals surface area contributed by atoms with E-state index in [-0.39, 0.29) is 4.64 Å². The minimum Gasteiger partial charge on any atom is -0.385 e. The Kier molecular flexibility index (Phi) is 6.94. The van der Waals surface area contributed by atoms with Gasteiger partial charge in [-0.1, -0.05) is 12.2 Å². The van der Waals surface area contributed by atoms with Gasteiger partial charge in [0, 0.05) is 6.20 Å². The summed E-state index contributed by atoms with van der Waals surface area (Å²) in [5, 5.41) is 19.9. The predicted molar refractivity (Wildman–Crippen MR) is 91.7 cm³/mol. The van der Waals surface area contributed by atoms with Crippen molar-refractivity contribution in [3.63, 3.8) is 0 Å². The summed E-state index contributed by atoms with van der Waals surface area (Å²) in [7, 11) is -17.4. The summed E-state index contributed by atoms with van der Waals surface area (Å²) in [6, 6.07) is 1.06. The van der Waals surface area contributed by atoms with Crippen LogP contribution < -0.4 is 5.69 Å². The zero-order chi connectivity index (χ0) is 24.0. The molecule has 16 nitrogen and oxygen atoms in total. The largest absolute Gasteiger partial charge is 0.490 e. The molecule has 0 aromatic carbocycles. The molecule has 1 aliphatic rings. The van der Waals surface area contributed by atoms with Crippen LogP contribution in [0, 0.1) is 4.64 Å². The van der Waals surface area contributed by atoms with E-state index in [0.717, 1.165) is 12.3 Å². The minimum absolute atomic E-state index is 0.0999. The van der Waals surface area contributed by atoms with E-state index in [4.69, 9.17) is 16.1 Å². The third-order valence-electron chi connectivity index (χ3n) is 3.17. The number of ether oxygens (including phenoxy) is 1. The average molecular weight is 519 g/mol. The molecule has 172 valence electrons. The molecule has 2 unspecified atom stereocenters. The van der Waals surface area contributed by atoms with E-state index >= 15 is 0 Å². The lowest BCUT2D eigenvalue weighted by Gasteiger charge is -2.24. The van der Waals surface area contributed by atoms with Gasteiger partial charge in [-0.25, -0.2) is 22.9 Å². The third kappa shape index (κ3) is 6.41. The molecule has 2 heterocycles. The molecule has 30 heavy (non-hydrogen) atoms. The number of hydrogen-bond donors (Lipinski definition) is 7. The zero-order valence-corrected chi connectivity index (χ0v) is 17.5. The highest BCUT2D eigenvalue weighted by molar-refractivity contribution is 7.71. The first-order valence-corrected chi connectivity index (χ1v) is 12.1. The second kappa shape index (κ2) is 8.69.